The molecule has 0 saturated heterocycles. The highest BCUT2D eigenvalue weighted by atomic mass is 28.4. The second kappa shape index (κ2) is 15.1. The number of rotatable bonds is 17. The van der Waals surface area contributed by atoms with E-state index in [0.29, 0.717) is 33.0 Å². The first-order valence-corrected chi connectivity index (χ1v) is 14.0. The van der Waals surface area contributed by atoms with Crippen LogP contribution in [0, 0.1) is 0 Å². The summed E-state index contributed by atoms with van der Waals surface area (Å²) in [5.41, 5.74) is 2.16. The molecule has 0 aliphatic carbocycles. The van der Waals surface area contributed by atoms with Crippen molar-refractivity contribution >= 4 is 8.80 Å². The van der Waals surface area contributed by atoms with Crippen molar-refractivity contribution in [3.8, 4) is 22.6 Å². The highest BCUT2D eigenvalue weighted by molar-refractivity contribution is 6.60. The first-order chi connectivity index (χ1) is 15.7. The molecular formula is C26H40O5Si. The van der Waals surface area contributed by atoms with E-state index >= 15 is 0 Å². The van der Waals surface area contributed by atoms with Crippen LogP contribution in [0.2, 0.25) is 6.04 Å². The Bertz CT molecular complexity index is 736. The Balaban J connectivity index is 2.13. The number of ether oxygens (including phenoxy) is 2. The highest BCUT2D eigenvalue weighted by Gasteiger charge is 2.39. The SMILES string of the molecule is CCCCCOc1cccc(-c2ccccc2)c1OCCC[Si](OCC)(OCC)OCC. The van der Waals surface area contributed by atoms with Gasteiger partial charge in [0.05, 0.1) is 13.2 Å². The largest absolute Gasteiger partial charge is 0.501 e. The molecule has 0 amide bonds. The van der Waals surface area contributed by atoms with Crippen LogP contribution in [-0.4, -0.2) is 41.8 Å². The zero-order valence-electron chi connectivity index (χ0n) is 20.2. The van der Waals surface area contributed by atoms with Gasteiger partial charge in [0.2, 0.25) is 0 Å². The van der Waals surface area contributed by atoms with Gasteiger partial charge in [-0.2, -0.15) is 0 Å². The average molecular weight is 461 g/mol. The van der Waals surface area contributed by atoms with Crippen molar-refractivity contribution in [2.45, 2.75) is 59.4 Å². The molecule has 2 rings (SSSR count). The van der Waals surface area contributed by atoms with Gasteiger partial charge >= 0.3 is 8.80 Å². The fourth-order valence-electron chi connectivity index (χ4n) is 3.62. The third kappa shape index (κ3) is 8.24. The number of unbranched alkanes of at least 4 members (excludes halogenated alkanes) is 2. The van der Waals surface area contributed by atoms with Crippen molar-refractivity contribution in [2.24, 2.45) is 0 Å². The van der Waals surface area contributed by atoms with Crippen molar-refractivity contribution in [1.82, 2.24) is 0 Å². The first kappa shape index (κ1) is 26.4. The predicted octanol–water partition coefficient (Wildman–Crippen LogP) is 6.74. The van der Waals surface area contributed by atoms with Gasteiger partial charge in [-0.25, -0.2) is 0 Å². The molecule has 32 heavy (non-hydrogen) atoms. The maximum absolute atomic E-state index is 6.34. The summed E-state index contributed by atoms with van der Waals surface area (Å²) in [6.45, 7) is 11.1. The fourth-order valence-corrected chi connectivity index (χ4v) is 6.20. The summed E-state index contributed by atoms with van der Waals surface area (Å²) in [5, 5.41) is 0. The minimum Gasteiger partial charge on any atom is -0.490 e. The van der Waals surface area contributed by atoms with Crippen LogP contribution in [0.15, 0.2) is 48.5 Å². The number of hydrogen-bond acceptors (Lipinski definition) is 5. The number of para-hydroxylation sites is 1. The lowest BCUT2D eigenvalue weighted by Crippen LogP contribution is -2.46. The van der Waals surface area contributed by atoms with Gasteiger partial charge in [-0.05, 0) is 45.2 Å². The first-order valence-electron chi connectivity index (χ1n) is 12.1. The molecule has 0 radical (unpaired) electrons. The molecule has 6 heteroatoms. The monoisotopic (exact) mass is 460 g/mol. The van der Waals surface area contributed by atoms with Crippen molar-refractivity contribution in [1.29, 1.82) is 0 Å². The third-order valence-corrected chi connectivity index (χ3v) is 8.19. The Morgan fingerprint density at radius 3 is 1.94 bits per heavy atom. The van der Waals surface area contributed by atoms with Crippen LogP contribution in [0.1, 0.15) is 53.4 Å². The quantitative estimate of drug-likeness (QED) is 0.193. The molecule has 0 bridgehead atoms. The van der Waals surface area contributed by atoms with Gasteiger partial charge in [0, 0.05) is 31.4 Å². The van der Waals surface area contributed by atoms with E-state index < -0.39 is 8.80 Å². The van der Waals surface area contributed by atoms with Gasteiger partial charge in [-0.1, -0.05) is 62.2 Å². The molecule has 0 aromatic heterocycles. The van der Waals surface area contributed by atoms with Gasteiger partial charge in [0.1, 0.15) is 0 Å². The number of hydrogen-bond donors (Lipinski definition) is 0. The summed E-state index contributed by atoms with van der Waals surface area (Å²) < 4.78 is 30.4. The lowest BCUT2D eigenvalue weighted by atomic mass is 10.0. The standard InChI is InChI=1S/C26H40O5Si/c1-5-9-13-20-27-25-19-14-18-24(23-16-11-10-12-17-23)26(25)28-21-15-22-32(29-6-2,30-7-3)31-8-4/h10-12,14,16-19H,5-9,13,15,20-22H2,1-4H3. The van der Waals surface area contributed by atoms with Gasteiger partial charge in [0.25, 0.3) is 0 Å². The van der Waals surface area contributed by atoms with Crippen molar-refractivity contribution in [2.75, 3.05) is 33.0 Å². The van der Waals surface area contributed by atoms with Crippen molar-refractivity contribution < 1.29 is 22.8 Å². The molecule has 178 valence electrons. The second-order valence-electron chi connectivity index (χ2n) is 7.49. The van der Waals surface area contributed by atoms with E-state index in [1.54, 1.807) is 0 Å². The number of benzene rings is 2. The van der Waals surface area contributed by atoms with Crippen LogP contribution in [0.3, 0.4) is 0 Å². The van der Waals surface area contributed by atoms with E-state index in [4.69, 9.17) is 22.8 Å². The summed E-state index contributed by atoms with van der Waals surface area (Å²) in [5.74, 6) is 1.59. The van der Waals surface area contributed by atoms with Crippen molar-refractivity contribution in [3.63, 3.8) is 0 Å². The summed E-state index contributed by atoms with van der Waals surface area (Å²) in [4.78, 5) is 0. The molecular weight excluding hydrogens is 420 g/mol. The van der Waals surface area contributed by atoms with E-state index in [0.717, 1.165) is 47.9 Å². The molecule has 0 unspecified atom stereocenters. The topological polar surface area (TPSA) is 46.2 Å². The molecule has 2 aromatic rings. The van der Waals surface area contributed by atoms with Gasteiger partial charge in [-0.15, -0.1) is 0 Å². The normalized spacial score (nSPS) is 11.5. The minimum absolute atomic E-state index is 0.539. The van der Waals surface area contributed by atoms with E-state index in [-0.39, 0.29) is 0 Å². The van der Waals surface area contributed by atoms with Crippen LogP contribution in [0.5, 0.6) is 11.5 Å². The molecule has 0 aliphatic heterocycles. The van der Waals surface area contributed by atoms with Crippen LogP contribution < -0.4 is 9.47 Å². The molecule has 5 nitrogen and oxygen atoms in total. The van der Waals surface area contributed by atoms with Gasteiger partial charge in [-0.3, -0.25) is 0 Å². The lowest BCUT2D eigenvalue weighted by molar-refractivity contribution is 0.0696. The van der Waals surface area contributed by atoms with E-state index in [2.05, 4.69) is 25.1 Å². The Labute approximate surface area is 195 Å². The van der Waals surface area contributed by atoms with Gasteiger partial charge < -0.3 is 22.8 Å². The van der Waals surface area contributed by atoms with E-state index in [1.165, 1.54) is 6.42 Å². The maximum Gasteiger partial charge on any atom is 0.501 e. The smallest absolute Gasteiger partial charge is 0.490 e. The Morgan fingerprint density at radius 1 is 0.656 bits per heavy atom. The predicted molar refractivity (Wildman–Crippen MR) is 132 cm³/mol. The zero-order valence-corrected chi connectivity index (χ0v) is 21.2. The Morgan fingerprint density at radius 2 is 1.31 bits per heavy atom. The van der Waals surface area contributed by atoms with Crippen molar-refractivity contribution in [3.05, 3.63) is 48.5 Å². The summed E-state index contributed by atoms with van der Waals surface area (Å²) in [6, 6.07) is 17.1. The fraction of sp³-hybridized carbons (Fsp3) is 0.538. The van der Waals surface area contributed by atoms with E-state index in [1.807, 2.05) is 51.1 Å². The van der Waals surface area contributed by atoms with Gasteiger partial charge in [0.15, 0.2) is 11.5 Å². The second-order valence-corrected chi connectivity index (χ2v) is 10.2. The molecule has 2 aromatic carbocycles. The average Bonchev–Trinajstić information content (AvgIpc) is 2.81. The summed E-state index contributed by atoms with van der Waals surface area (Å²) >= 11 is 0. The minimum atomic E-state index is -2.67. The summed E-state index contributed by atoms with van der Waals surface area (Å²) in [7, 11) is -2.67. The zero-order chi connectivity index (χ0) is 23.1. The van der Waals surface area contributed by atoms with Crippen LogP contribution in [-0.2, 0) is 13.3 Å². The molecule has 0 aliphatic rings. The Kier molecular flexibility index (Phi) is 12.4. The molecule has 0 fully saturated rings. The molecule has 0 heterocycles. The molecule has 0 saturated carbocycles. The van der Waals surface area contributed by atoms with Crippen LogP contribution in [0.25, 0.3) is 11.1 Å². The highest BCUT2D eigenvalue weighted by Crippen LogP contribution is 2.38. The third-order valence-electron chi connectivity index (χ3n) is 5.04. The molecule has 0 atom stereocenters. The molecule has 0 spiro atoms. The maximum atomic E-state index is 6.34. The van der Waals surface area contributed by atoms with Crippen LogP contribution >= 0.6 is 0 Å². The Hall–Kier alpha value is -1.86. The summed E-state index contributed by atoms with van der Waals surface area (Å²) in [6.07, 6.45) is 4.15. The van der Waals surface area contributed by atoms with Crippen LogP contribution in [0.4, 0.5) is 0 Å². The lowest BCUT2D eigenvalue weighted by Gasteiger charge is -2.28. The molecule has 0 N–H and O–H groups in total. The van der Waals surface area contributed by atoms with E-state index in [9.17, 15) is 0 Å².